The summed E-state index contributed by atoms with van der Waals surface area (Å²) in [6.07, 6.45) is -8.77. The van der Waals surface area contributed by atoms with Gasteiger partial charge < -0.3 is 9.15 Å². The van der Waals surface area contributed by atoms with Crippen molar-refractivity contribution >= 4 is 34.2 Å². The van der Waals surface area contributed by atoms with Crippen LogP contribution in [-0.2, 0) is 17.3 Å². The van der Waals surface area contributed by atoms with Gasteiger partial charge in [0.1, 0.15) is 16.1 Å². The Balaban J connectivity index is 2.42. The van der Waals surface area contributed by atoms with Gasteiger partial charge in [-0.05, 0) is 30.0 Å². The van der Waals surface area contributed by atoms with E-state index in [0.29, 0.717) is 5.52 Å². The van der Waals surface area contributed by atoms with E-state index in [9.17, 15) is 26.7 Å². The highest BCUT2D eigenvalue weighted by molar-refractivity contribution is 7.81. The summed E-state index contributed by atoms with van der Waals surface area (Å²) in [7, 11) is 0.938. The molecule has 0 bridgehead atoms. The van der Waals surface area contributed by atoms with E-state index in [0.717, 1.165) is 7.11 Å². The number of hydrogen-bond donors (Lipinski definition) is 0. The molecule has 3 rings (SSSR count). The Kier molecular flexibility index (Phi) is 6.59. The van der Waals surface area contributed by atoms with E-state index in [1.807, 2.05) is 0 Å². The van der Waals surface area contributed by atoms with Crippen LogP contribution in [0.3, 0.4) is 0 Å². The Morgan fingerprint density at radius 1 is 1.16 bits per heavy atom. The maximum Gasteiger partial charge on any atom is 0.434 e. The molecule has 0 aliphatic rings. The van der Waals surface area contributed by atoms with Gasteiger partial charge in [0.25, 0.3) is 6.43 Å². The number of aromatic nitrogens is 2. The minimum Gasteiger partial charge on any atom is -0.465 e. The molecular formula is C21H17F5N2O3S. The fourth-order valence-corrected chi connectivity index (χ4v) is 3.59. The molecule has 0 unspecified atom stereocenters. The predicted molar refractivity (Wildman–Crippen MR) is 109 cm³/mol. The minimum atomic E-state index is -5.14. The van der Waals surface area contributed by atoms with Crippen molar-refractivity contribution in [3.63, 3.8) is 0 Å². The minimum absolute atomic E-state index is 0.175. The topological polar surface area (TPSA) is 65.2 Å². The molecule has 11 heteroatoms. The maximum absolute atomic E-state index is 14.0. The van der Waals surface area contributed by atoms with Gasteiger partial charge in [-0.3, -0.25) is 0 Å². The van der Waals surface area contributed by atoms with Gasteiger partial charge in [0, 0.05) is 5.56 Å². The lowest BCUT2D eigenvalue weighted by molar-refractivity contribution is -0.141. The van der Waals surface area contributed by atoms with Crippen LogP contribution >= 0.6 is 12.2 Å². The molecule has 0 aliphatic carbocycles. The molecule has 3 aromatic rings. The standard InChI is InChI=1S/C21H17F5N2O3S/c1-9(2)8-10-13(20(29)30-3)15(18(22)23)28-17(21(24,25)26)14(10)16(32)19-27-11-6-4-5-7-12(11)31-19/h4-7,9,18H,8H2,1-3H3. The third-order valence-electron chi connectivity index (χ3n) is 4.52. The molecule has 32 heavy (non-hydrogen) atoms. The number of benzene rings is 1. The van der Waals surface area contributed by atoms with E-state index in [4.69, 9.17) is 16.6 Å². The fourth-order valence-electron chi connectivity index (χ4n) is 3.28. The highest BCUT2D eigenvalue weighted by atomic mass is 32.1. The van der Waals surface area contributed by atoms with Crippen molar-refractivity contribution in [3.05, 3.63) is 58.2 Å². The number of oxazole rings is 1. The van der Waals surface area contributed by atoms with Gasteiger partial charge in [0.15, 0.2) is 11.3 Å². The Morgan fingerprint density at radius 2 is 1.81 bits per heavy atom. The predicted octanol–water partition coefficient (Wildman–Crippen LogP) is 5.93. The summed E-state index contributed by atoms with van der Waals surface area (Å²) in [5.41, 5.74) is -4.11. The van der Waals surface area contributed by atoms with E-state index in [-0.39, 0.29) is 29.4 Å². The monoisotopic (exact) mass is 472 g/mol. The Labute approximate surface area is 184 Å². The van der Waals surface area contributed by atoms with Crippen molar-refractivity contribution in [3.8, 4) is 0 Å². The van der Waals surface area contributed by atoms with Crippen LogP contribution in [0, 0.1) is 5.92 Å². The van der Waals surface area contributed by atoms with Crippen LogP contribution in [0.2, 0.25) is 0 Å². The first kappa shape index (κ1) is 23.7. The number of carbonyl (C=O) groups is 1. The molecule has 170 valence electrons. The van der Waals surface area contributed by atoms with Crippen molar-refractivity contribution in [2.24, 2.45) is 5.92 Å². The lowest BCUT2D eigenvalue weighted by Crippen LogP contribution is -2.25. The molecule has 0 saturated heterocycles. The summed E-state index contributed by atoms with van der Waals surface area (Å²) in [6.45, 7) is 3.31. The first-order chi connectivity index (χ1) is 15.0. The molecule has 0 fully saturated rings. The van der Waals surface area contributed by atoms with Crippen molar-refractivity contribution < 1.29 is 35.9 Å². The Morgan fingerprint density at radius 3 is 2.34 bits per heavy atom. The van der Waals surface area contributed by atoms with E-state index in [1.54, 1.807) is 38.1 Å². The van der Waals surface area contributed by atoms with Crippen LogP contribution in [0.25, 0.3) is 11.1 Å². The van der Waals surface area contributed by atoms with Gasteiger partial charge in [-0.25, -0.2) is 23.5 Å². The molecule has 0 radical (unpaired) electrons. The lowest BCUT2D eigenvalue weighted by Gasteiger charge is -2.22. The molecular weight excluding hydrogens is 455 g/mol. The normalized spacial score (nSPS) is 12.1. The highest BCUT2D eigenvalue weighted by Crippen LogP contribution is 2.39. The summed E-state index contributed by atoms with van der Waals surface area (Å²) < 4.78 is 79.4. The zero-order valence-corrected chi connectivity index (χ0v) is 17.9. The molecule has 2 aromatic heterocycles. The molecule has 2 heterocycles. The Hall–Kier alpha value is -2.95. The molecule has 0 aliphatic heterocycles. The van der Waals surface area contributed by atoms with Crippen molar-refractivity contribution in [2.45, 2.75) is 32.9 Å². The van der Waals surface area contributed by atoms with Crippen LogP contribution in [-0.4, -0.2) is 27.9 Å². The van der Waals surface area contributed by atoms with Crippen molar-refractivity contribution in [2.75, 3.05) is 7.11 Å². The Bertz CT molecular complexity index is 1160. The molecule has 0 amide bonds. The van der Waals surface area contributed by atoms with Crippen molar-refractivity contribution in [1.82, 2.24) is 9.97 Å². The number of nitrogens with zero attached hydrogens (tertiary/aromatic N) is 2. The number of esters is 1. The largest absolute Gasteiger partial charge is 0.465 e. The van der Waals surface area contributed by atoms with Gasteiger partial charge >= 0.3 is 12.1 Å². The molecule has 1 aromatic carbocycles. The zero-order chi connectivity index (χ0) is 23.8. The van der Waals surface area contributed by atoms with E-state index < -0.39 is 46.0 Å². The van der Waals surface area contributed by atoms with Crippen LogP contribution in [0.4, 0.5) is 22.0 Å². The molecule has 0 N–H and O–H groups in total. The molecule has 0 saturated carbocycles. The molecule has 0 atom stereocenters. The quantitative estimate of drug-likeness (QED) is 0.192. The summed E-state index contributed by atoms with van der Waals surface area (Å²) >= 11 is 5.28. The maximum atomic E-state index is 14.0. The van der Waals surface area contributed by atoms with Gasteiger partial charge in [-0.2, -0.15) is 13.2 Å². The number of para-hydroxylation sites is 2. The van der Waals surface area contributed by atoms with E-state index in [2.05, 4.69) is 14.7 Å². The molecule has 0 spiro atoms. The fraction of sp³-hybridized carbons (Fsp3) is 0.333. The number of rotatable bonds is 6. The summed E-state index contributed by atoms with van der Waals surface area (Å²) in [5, 5.41) is 0. The van der Waals surface area contributed by atoms with Gasteiger partial charge in [0.2, 0.25) is 5.89 Å². The second kappa shape index (κ2) is 8.89. The van der Waals surface area contributed by atoms with E-state index >= 15 is 0 Å². The number of methoxy groups -OCH3 is 1. The number of alkyl halides is 5. The van der Waals surface area contributed by atoms with Gasteiger partial charge in [-0.1, -0.05) is 38.2 Å². The summed E-state index contributed by atoms with van der Waals surface area (Å²) in [6, 6.07) is 6.41. The van der Waals surface area contributed by atoms with Crippen LogP contribution in [0.1, 0.15) is 59.0 Å². The number of hydrogen-bond acceptors (Lipinski definition) is 6. The average Bonchev–Trinajstić information content (AvgIpc) is 3.15. The second-order valence-electron chi connectivity index (χ2n) is 7.28. The summed E-state index contributed by atoms with van der Waals surface area (Å²) in [4.78, 5) is 19.2. The van der Waals surface area contributed by atoms with E-state index in [1.165, 1.54) is 0 Å². The average molecular weight is 472 g/mol. The van der Waals surface area contributed by atoms with Gasteiger partial charge in [0.05, 0.1) is 12.7 Å². The number of fused-ring (bicyclic) bond motifs is 1. The number of thiocarbonyl (C=S) groups is 1. The number of halogens is 5. The number of ether oxygens (including phenoxy) is 1. The SMILES string of the molecule is COC(=O)c1c(C(F)F)nc(C(F)(F)F)c(C(=S)c2nc3ccccc3o2)c1CC(C)C. The third kappa shape index (κ3) is 4.47. The first-order valence-electron chi connectivity index (χ1n) is 9.36. The van der Waals surface area contributed by atoms with Gasteiger partial charge in [-0.15, -0.1) is 0 Å². The lowest BCUT2D eigenvalue weighted by atomic mass is 9.89. The smallest absolute Gasteiger partial charge is 0.434 e. The molecule has 5 nitrogen and oxygen atoms in total. The van der Waals surface area contributed by atoms with Crippen molar-refractivity contribution in [1.29, 1.82) is 0 Å². The highest BCUT2D eigenvalue weighted by Gasteiger charge is 2.42. The zero-order valence-electron chi connectivity index (χ0n) is 17.1. The third-order valence-corrected chi connectivity index (χ3v) is 4.90. The summed E-state index contributed by atoms with van der Waals surface area (Å²) in [5.74, 6) is -1.88. The number of carbonyl (C=O) groups excluding carboxylic acids is 1. The van der Waals surface area contributed by atoms with Crippen LogP contribution < -0.4 is 0 Å². The van der Waals surface area contributed by atoms with Crippen LogP contribution in [0.15, 0.2) is 28.7 Å². The van der Waals surface area contributed by atoms with Crippen LogP contribution in [0.5, 0.6) is 0 Å². The first-order valence-corrected chi connectivity index (χ1v) is 9.77. The second-order valence-corrected chi connectivity index (χ2v) is 7.69. The number of pyridine rings is 1.